The molecule has 1 aromatic carbocycles. The maximum absolute atomic E-state index is 12.1. The van der Waals surface area contributed by atoms with Crippen LogP contribution in [0, 0.1) is 13.8 Å². The maximum Gasteiger partial charge on any atom is 0.254 e. The number of hydrogen-bond acceptors (Lipinski definition) is 4. The minimum atomic E-state index is -0.0600. The molecule has 0 saturated heterocycles. The highest BCUT2D eigenvalue weighted by atomic mass is 16.5. The zero-order valence-corrected chi connectivity index (χ0v) is 12.0. The van der Waals surface area contributed by atoms with Gasteiger partial charge in [0.25, 0.3) is 5.56 Å². The standard InChI is InChI=1S/C15H19N3O2/c1-10-6-15(19)18(11(2)17-10)9-13-7-12(8-16)4-5-14(13)20-3/h4-7H,8-9,16H2,1-3H3. The third-order valence-corrected chi connectivity index (χ3v) is 3.24. The monoisotopic (exact) mass is 273 g/mol. The van der Waals surface area contributed by atoms with E-state index in [4.69, 9.17) is 10.5 Å². The molecule has 0 unspecified atom stereocenters. The Morgan fingerprint density at radius 3 is 2.65 bits per heavy atom. The van der Waals surface area contributed by atoms with E-state index >= 15 is 0 Å². The van der Waals surface area contributed by atoms with Gasteiger partial charge in [-0.05, 0) is 31.5 Å². The lowest BCUT2D eigenvalue weighted by molar-refractivity contribution is 0.407. The van der Waals surface area contributed by atoms with Crippen molar-refractivity contribution >= 4 is 0 Å². The molecule has 0 spiro atoms. The summed E-state index contributed by atoms with van der Waals surface area (Å²) >= 11 is 0. The van der Waals surface area contributed by atoms with Gasteiger partial charge in [0.05, 0.1) is 13.7 Å². The number of methoxy groups -OCH3 is 1. The Labute approximate surface area is 118 Å². The van der Waals surface area contributed by atoms with Crippen molar-refractivity contribution in [3.63, 3.8) is 0 Å². The van der Waals surface area contributed by atoms with Crippen LogP contribution in [0.1, 0.15) is 22.6 Å². The van der Waals surface area contributed by atoms with E-state index < -0.39 is 0 Å². The Hall–Kier alpha value is -2.14. The summed E-state index contributed by atoms with van der Waals surface area (Å²) in [5, 5.41) is 0. The molecule has 0 fully saturated rings. The van der Waals surface area contributed by atoms with Crippen LogP contribution < -0.4 is 16.0 Å². The van der Waals surface area contributed by atoms with Crippen LogP contribution in [0.15, 0.2) is 29.1 Å². The van der Waals surface area contributed by atoms with E-state index in [2.05, 4.69) is 4.98 Å². The topological polar surface area (TPSA) is 70.1 Å². The van der Waals surface area contributed by atoms with Gasteiger partial charge in [-0.1, -0.05) is 6.07 Å². The van der Waals surface area contributed by atoms with Crippen molar-refractivity contribution < 1.29 is 4.74 Å². The van der Waals surface area contributed by atoms with Crippen LogP contribution in [-0.2, 0) is 13.1 Å². The molecule has 0 amide bonds. The summed E-state index contributed by atoms with van der Waals surface area (Å²) in [4.78, 5) is 16.4. The quantitative estimate of drug-likeness (QED) is 0.913. The Kier molecular flexibility index (Phi) is 4.20. The van der Waals surface area contributed by atoms with E-state index in [1.165, 1.54) is 6.07 Å². The molecule has 5 heteroatoms. The van der Waals surface area contributed by atoms with Gasteiger partial charge in [0.15, 0.2) is 0 Å². The fraction of sp³-hybridized carbons (Fsp3) is 0.333. The Morgan fingerprint density at radius 2 is 2.05 bits per heavy atom. The number of ether oxygens (including phenoxy) is 1. The first-order valence-electron chi connectivity index (χ1n) is 6.46. The molecule has 0 radical (unpaired) electrons. The average molecular weight is 273 g/mol. The molecular weight excluding hydrogens is 254 g/mol. The number of nitrogens with two attached hydrogens (primary N) is 1. The van der Waals surface area contributed by atoms with Crippen molar-refractivity contribution in [2.45, 2.75) is 26.9 Å². The molecule has 20 heavy (non-hydrogen) atoms. The molecule has 0 aliphatic rings. The van der Waals surface area contributed by atoms with Crippen molar-refractivity contribution in [3.05, 3.63) is 57.3 Å². The molecule has 1 heterocycles. The van der Waals surface area contributed by atoms with Gasteiger partial charge in [0.2, 0.25) is 0 Å². The number of nitrogens with zero attached hydrogens (tertiary/aromatic N) is 2. The van der Waals surface area contributed by atoms with Gasteiger partial charge in [-0.15, -0.1) is 0 Å². The summed E-state index contributed by atoms with van der Waals surface area (Å²) in [6.45, 7) is 4.52. The molecule has 5 nitrogen and oxygen atoms in total. The fourth-order valence-corrected chi connectivity index (χ4v) is 2.21. The normalized spacial score (nSPS) is 10.6. The van der Waals surface area contributed by atoms with Crippen molar-refractivity contribution in [1.29, 1.82) is 0 Å². The van der Waals surface area contributed by atoms with Crippen LogP contribution in [0.2, 0.25) is 0 Å². The van der Waals surface area contributed by atoms with E-state index in [1.54, 1.807) is 11.7 Å². The number of benzene rings is 1. The highest BCUT2D eigenvalue weighted by molar-refractivity contribution is 5.37. The van der Waals surface area contributed by atoms with Crippen LogP contribution in [0.25, 0.3) is 0 Å². The van der Waals surface area contributed by atoms with Gasteiger partial charge in [0, 0.05) is 23.9 Å². The summed E-state index contributed by atoms with van der Waals surface area (Å²) in [6, 6.07) is 7.29. The molecule has 0 saturated carbocycles. The molecule has 0 aliphatic carbocycles. The van der Waals surface area contributed by atoms with Crippen molar-refractivity contribution in [2.24, 2.45) is 5.73 Å². The summed E-state index contributed by atoms with van der Waals surface area (Å²) in [5.74, 6) is 1.43. The second-order valence-electron chi connectivity index (χ2n) is 4.72. The van der Waals surface area contributed by atoms with Gasteiger partial charge in [0.1, 0.15) is 11.6 Å². The largest absolute Gasteiger partial charge is 0.496 e. The zero-order valence-electron chi connectivity index (χ0n) is 12.0. The molecule has 106 valence electrons. The molecule has 1 aromatic heterocycles. The predicted octanol–water partition coefficient (Wildman–Crippen LogP) is 1.38. The second-order valence-corrected chi connectivity index (χ2v) is 4.72. The fourth-order valence-electron chi connectivity index (χ4n) is 2.21. The van der Waals surface area contributed by atoms with Crippen LogP contribution in [0.5, 0.6) is 5.75 Å². The van der Waals surface area contributed by atoms with Gasteiger partial charge < -0.3 is 10.5 Å². The number of aromatic nitrogens is 2. The van der Waals surface area contributed by atoms with Crippen LogP contribution in [0.4, 0.5) is 0 Å². The first kappa shape index (κ1) is 14.3. The summed E-state index contributed by atoms with van der Waals surface area (Å²) in [5.41, 5.74) is 8.26. The Bertz CT molecular complexity index is 677. The SMILES string of the molecule is COc1ccc(CN)cc1Cn1c(C)nc(C)cc1=O. The van der Waals surface area contributed by atoms with Gasteiger partial charge in [-0.2, -0.15) is 0 Å². The molecular formula is C15H19N3O2. The van der Waals surface area contributed by atoms with E-state index in [-0.39, 0.29) is 5.56 Å². The first-order chi connectivity index (χ1) is 9.55. The first-order valence-corrected chi connectivity index (χ1v) is 6.46. The van der Waals surface area contributed by atoms with Crippen LogP contribution >= 0.6 is 0 Å². The van der Waals surface area contributed by atoms with Gasteiger partial charge >= 0.3 is 0 Å². The van der Waals surface area contributed by atoms with E-state index in [9.17, 15) is 4.79 Å². The molecule has 2 aromatic rings. The van der Waals surface area contributed by atoms with Crippen LogP contribution in [0.3, 0.4) is 0 Å². The Morgan fingerprint density at radius 1 is 1.30 bits per heavy atom. The van der Waals surface area contributed by atoms with Gasteiger partial charge in [-0.3, -0.25) is 9.36 Å². The molecule has 0 aliphatic heterocycles. The summed E-state index contributed by atoms with van der Waals surface area (Å²) < 4.78 is 6.97. The lowest BCUT2D eigenvalue weighted by Gasteiger charge is -2.13. The van der Waals surface area contributed by atoms with E-state index in [0.29, 0.717) is 18.9 Å². The third-order valence-electron chi connectivity index (χ3n) is 3.24. The molecule has 2 N–H and O–H groups in total. The number of rotatable bonds is 4. The minimum absolute atomic E-state index is 0.0600. The average Bonchev–Trinajstić information content (AvgIpc) is 2.42. The minimum Gasteiger partial charge on any atom is -0.496 e. The predicted molar refractivity (Wildman–Crippen MR) is 78.0 cm³/mol. The molecule has 0 bridgehead atoms. The number of hydrogen-bond donors (Lipinski definition) is 1. The second kappa shape index (κ2) is 5.88. The maximum atomic E-state index is 12.1. The zero-order chi connectivity index (χ0) is 14.7. The third kappa shape index (κ3) is 2.88. The Balaban J connectivity index is 2.46. The van der Waals surface area contributed by atoms with Crippen molar-refractivity contribution in [1.82, 2.24) is 9.55 Å². The number of aryl methyl sites for hydroxylation is 2. The highest BCUT2D eigenvalue weighted by Gasteiger charge is 2.09. The smallest absolute Gasteiger partial charge is 0.254 e. The summed E-state index contributed by atoms with van der Waals surface area (Å²) in [6.07, 6.45) is 0. The van der Waals surface area contributed by atoms with Gasteiger partial charge in [-0.25, -0.2) is 4.98 Å². The molecule has 2 rings (SSSR count). The molecule has 0 atom stereocenters. The van der Waals surface area contributed by atoms with Crippen molar-refractivity contribution in [2.75, 3.05) is 7.11 Å². The van der Waals surface area contributed by atoms with Crippen molar-refractivity contribution in [3.8, 4) is 5.75 Å². The lowest BCUT2D eigenvalue weighted by atomic mass is 10.1. The highest BCUT2D eigenvalue weighted by Crippen LogP contribution is 2.20. The lowest BCUT2D eigenvalue weighted by Crippen LogP contribution is -2.24. The van der Waals surface area contributed by atoms with E-state index in [0.717, 1.165) is 22.6 Å². The summed E-state index contributed by atoms with van der Waals surface area (Å²) in [7, 11) is 1.62. The van der Waals surface area contributed by atoms with Crippen LogP contribution in [-0.4, -0.2) is 16.7 Å². The van der Waals surface area contributed by atoms with E-state index in [1.807, 2.05) is 32.0 Å².